The van der Waals surface area contributed by atoms with Gasteiger partial charge in [-0.15, -0.1) is 0 Å². The number of carbonyl (C=O) groups excluding carboxylic acids is 2. The molecule has 9 rings (SSSR count). The first-order valence-electron chi connectivity index (χ1n) is 23.5. The average Bonchev–Trinajstić information content (AvgIpc) is 4.08. The highest BCUT2D eigenvalue weighted by Crippen LogP contribution is 2.43. The molecule has 4 aliphatic rings. The number of nitro groups is 1. The lowest BCUT2D eigenvalue weighted by Crippen LogP contribution is -2.47. The van der Waals surface area contributed by atoms with Crippen molar-refractivity contribution in [3.8, 4) is 11.5 Å². The maximum Gasteiger partial charge on any atom is 0.273 e. The van der Waals surface area contributed by atoms with Gasteiger partial charge in [-0.05, 0) is 111 Å². The van der Waals surface area contributed by atoms with Crippen LogP contribution in [0.5, 0.6) is 11.5 Å². The Bertz CT molecular complexity index is 3050. The highest BCUT2D eigenvalue weighted by Gasteiger charge is 2.33. The number of halogens is 1. The fourth-order valence-electron chi connectivity index (χ4n) is 9.44. The first kappa shape index (κ1) is 48.4. The first-order chi connectivity index (χ1) is 33.0. The molecule has 2 aromatic heterocycles. The van der Waals surface area contributed by atoms with Crippen LogP contribution in [-0.2, 0) is 31.0 Å². The second-order valence-electron chi connectivity index (χ2n) is 19.4. The number of hydrogen-bond acceptors (Lipinski definition) is 12. The number of anilines is 1. The molecule has 5 aromatic rings. The molecule has 2 saturated heterocycles. The molecule has 0 radical (unpaired) electrons. The number of ether oxygens (including phenoxy) is 1. The number of sulfonamides is 1. The third kappa shape index (κ3) is 11.7. The van der Waals surface area contributed by atoms with Crippen LogP contribution in [0.3, 0.4) is 0 Å². The Labute approximate surface area is 407 Å². The number of H-pyrrole nitrogens is 1. The minimum absolute atomic E-state index is 0.0557. The van der Waals surface area contributed by atoms with Crippen LogP contribution in [0.25, 0.3) is 16.6 Å². The number of allylic oxidation sites excluding steroid dienone is 1. The van der Waals surface area contributed by atoms with Crippen LogP contribution in [0.15, 0.2) is 100 Å². The molecule has 3 fully saturated rings. The molecular weight excluding hydrogens is 940 g/mol. The second kappa shape index (κ2) is 20.0. The number of fused-ring (bicyclic) bond motifs is 1. The quantitative estimate of drug-likeness (QED) is 0.0750. The van der Waals surface area contributed by atoms with Gasteiger partial charge in [0.25, 0.3) is 27.5 Å². The Balaban J connectivity index is 0.878. The summed E-state index contributed by atoms with van der Waals surface area (Å²) in [5.41, 5.74) is 5.64. The van der Waals surface area contributed by atoms with E-state index < -0.39 is 35.5 Å². The number of nitrogens with one attached hydrogen (secondary N) is 2. The van der Waals surface area contributed by atoms with E-state index >= 15 is 0 Å². The van der Waals surface area contributed by atoms with E-state index in [4.69, 9.17) is 16.3 Å². The summed E-state index contributed by atoms with van der Waals surface area (Å²) in [6.45, 7) is 10.1. The van der Waals surface area contributed by atoms with Gasteiger partial charge < -0.3 is 19.5 Å². The van der Waals surface area contributed by atoms with Gasteiger partial charge >= 0.3 is 0 Å². The monoisotopic (exact) mass is 996 g/mol. The van der Waals surface area contributed by atoms with Gasteiger partial charge in [0.05, 0.1) is 31.3 Å². The molecule has 3 aromatic carbocycles. The van der Waals surface area contributed by atoms with E-state index in [0.29, 0.717) is 67.6 Å². The van der Waals surface area contributed by atoms with Crippen molar-refractivity contribution in [2.75, 3.05) is 68.8 Å². The van der Waals surface area contributed by atoms with Gasteiger partial charge in [-0.3, -0.25) is 24.6 Å². The average molecular weight is 998 g/mol. The predicted octanol–water partition coefficient (Wildman–Crippen LogP) is 8.47. The van der Waals surface area contributed by atoms with Crippen LogP contribution in [0.4, 0.5) is 11.4 Å². The van der Waals surface area contributed by atoms with E-state index in [-0.39, 0.29) is 40.7 Å². The number of amides is 2. The summed E-state index contributed by atoms with van der Waals surface area (Å²) in [5.74, 6) is -0.260. The zero-order valence-corrected chi connectivity index (χ0v) is 41.2. The van der Waals surface area contributed by atoms with Gasteiger partial charge in [0.2, 0.25) is 0 Å². The summed E-state index contributed by atoms with van der Waals surface area (Å²) in [6, 6.07) is 20.4. The lowest BCUT2D eigenvalue weighted by Gasteiger charge is -2.39. The highest BCUT2D eigenvalue weighted by atomic mass is 35.5. The van der Waals surface area contributed by atoms with Crippen molar-refractivity contribution in [1.29, 1.82) is 0 Å². The molecule has 0 atom stereocenters. The molecule has 0 spiro atoms. The summed E-state index contributed by atoms with van der Waals surface area (Å²) in [4.78, 5) is 51.7. The lowest BCUT2D eigenvalue weighted by molar-refractivity contribution is -0.385. The Morgan fingerprint density at radius 3 is 2.46 bits per heavy atom. The summed E-state index contributed by atoms with van der Waals surface area (Å²) >= 11 is 6.25. The van der Waals surface area contributed by atoms with Crippen molar-refractivity contribution in [1.82, 2.24) is 24.5 Å². The van der Waals surface area contributed by atoms with Crippen molar-refractivity contribution in [2.24, 2.45) is 15.7 Å². The van der Waals surface area contributed by atoms with E-state index in [1.807, 2.05) is 18.2 Å². The van der Waals surface area contributed by atoms with Crippen molar-refractivity contribution in [3.63, 3.8) is 0 Å². The molecule has 16 nitrogen and oxygen atoms in total. The number of aromatic amines is 1. The van der Waals surface area contributed by atoms with Crippen LogP contribution in [0.2, 0.25) is 5.02 Å². The molecule has 0 bridgehead atoms. The van der Waals surface area contributed by atoms with E-state index in [9.17, 15) is 32.3 Å². The minimum atomic E-state index is -4.60. The number of carbonyl (C=O) groups is 2. The Hall–Kier alpha value is -5.66. The first-order valence-corrected chi connectivity index (χ1v) is 27.2. The van der Waals surface area contributed by atoms with Crippen LogP contribution in [-0.4, -0.2) is 113 Å². The van der Waals surface area contributed by atoms with E-state index in [1.54, 1.807) is 24.4 Å². The van der Waals surface area contributed by atoms with E-state index in [0.717, 1.165) is 73.9 Å². The topological polar surface area (TPSA) is 201 Å². The fourth-order valence-corrected chi connectivity index (χ4v) is 12.5. The van der Waals surface area contributed by atoms with Crippen molar-refractivity contribution in [2.45, 2.75) is 63.7 Å². The number of benzene rings is 3. The van der Waals surface area contributed by atoms with Crippen LogP contribution >= 0.6 is 11.6 Å². The molecular formula is C50H57ClN8O8S2. The van der Waals surface area contributed by atoms with Crippen molar-refractivity contribution in [3.05, 3.63) is 123 Å². The lowest BCUT2D eigenvalue weighted by atomic mass is 9.72. The largest absolute Gasteiger partial charge is 0.455 e. The Morgan fingerprint density at radius 1 is 0.986 bits per heavy atom. The number of aryl methyl sites for hydroxylation is 1. The van der Waals surface area contributed by atoms with Gasteiger partial charge in [0.15, 0.2) is 0 Å². The van der Waals surface area contributed by atoms with Crippen molar-refractivity contribution >= 4 is 71.1 Å². The molecule has 2 N–H and O–H groups in total. The number of pyridine rings is 1. The Kier molecular flexibility index (Phi) is 14.0. The zero-order chi connectivity index (χ0) is 48.5. The molecule has 1 saturated carbocycles. The van der Waals surface area contributed by atoms with Crippen molar-refractivity contribution < 1.29 is 31.9 Å². The predicted molar refractivity (Wildman–Crippen MR) is 268 cm³/mol. The number of hydrogen-bond donors (Lipinski definition) is 2. The number of nitro benzene ring substituents is 1. The maximum absolute atomic E-state index is 14.0. The molecule has 364 valence electrons. The third-order valence-electron chi connectivity index (χ3n) is 13.7. The molecule has 19 heteroatoms. The highest BCUT2D eigenvalue weighted by molar-refractivity contribution is 7.94. The summed E-state index contributed by atoms with van der Waals surface area (Å²) in [7, 11) is -7.17. The zero-order valence-electron chi connectivity index (χ0n) is 38.8. The second-order valence-corrected chi connectivity index (χ2v) is 24.0. The third-order valence-corrected chi connectivity index (χ3v) is 17.4. The summed E-state index contributed by atoms with van der Waals surface area (Å²) in [6.07, 6.45) is 8.85. The van der Waals surface area contributed by atoms with Crippen LogP contribution in [0, 0.1) is 21.4 Å². The molecule has 4 heterocycles. The standard InChI is InChI=1S/C50H57ClN8O8S2/c1-50(2)17-15-38(44(31-50)34-7-10-39(51)11-8-34)33-57-20-22-58(23-21-57)40-12-14-43(46(29-40)67-41-28-37-16-18-52-47(37)53-32-41)49(61)55-69(65,66)42-13-9-35(45(30-42)59(62)63)4-3-19-56-24-26-68(64,27-25-56)54-48(60)36-5-6-36/h7-14,16,18,28-30,32,36H,3-6,15,17,19-27,31,33H2,1-2H3,(H,52,53)(H,55,61). The van der Waals surface area contributed by atoms with E-state index in [1.165, 1.54) is 41.1 Å². The van der Waals surface area contributed by atoms with Gasteiger partial charge in [-0.2, -0.15) is 4.36 Å². The number of rotatable bonds is 15. The van der Waals surface area contributed by atoms with Gasteiger partial charge in [-0.1, -0.05) is 49.2 Å². The summed E-state index contributed by atoms with van der Waals surface area (Å²) < 4.78 is 53.2. The number of nitrogens with zero attached hydrogens (tertiary/aromatic N) is 6. The smallest absolute Gasteiger partial charge is 0.273 e. The minimum Gasteiger partial charge on any atom is -0.455 e. The van der Waals surface area contributed by atoms with E-state index in [2.05, 4.69) is 59.7 Å². The normalized spacial score (nSPS) is 18.8. The number of piperazine rings is 1. The SMILES string of the molecule is CC1(C)CCC(CN2CCN(c3ccc(C(=O)NS(=O)(=O)c4ccc(CCCN5CCS(=O)(=NC(=O)C6CC6)CC5)c([N+](=O)[O-])c4)c(Oc4cnc5[nH]ccc5c4)c3)CC2)=C(c2ccc(Cl)cc2)C1. The van der Waals surface area contributed by atoms with Crippen LogP contribution in [0.1, 0.15) is 73.9 Å². The summed E-state index contributed by atoms with van der Waals surface area (Å²) in [5, 5.41) is 13.8. The maximum atomic E-state index is 14.0. The Morgan fingerprint density at radius 2 is 1.74 bits per heavy atom. The molecule has 2 aliphatic carbocycles. The van der Waals surface area contributed by atoms with Crippen LogP contribution < -0.4 is 14.4 Å². The number of aromatic nitrogens is 2. The molecule has 2 amide bonds. The molecule has 0 unspecified atom stereocenters. The van der Waals surface area contributed by atoms with Gasteiger partial charge in [0.1, 0.15) is 17.1 Å². The van der Waals surface area contributed by atoms with Gasteiger partial charge in [-0.25, -0.2) is 22.3 Å². The van der Waals surface area contributed by atoms with Gasteiger partial charge in [0, 0.05) is 103 Å². The molecule has 2 aliphatic heterocycles. The fraction of sp³-hybridized carbons (Fsp3) is 0.420. The molecule has 69 heavy (non-hydrogen) atoms.